The summed E-state index contributed by atoms with van der Waals surface area (Å²) in [4.78, 5) is 59.0. The standard InChI is InChI=1S/C29H38FN5O8S/c30-12-15-42-28(39)32-23-7-5-3-1-2-4-6-19-17-29(19,27(38)34-44(40,41)22-8-9-22)33-25(36)24-16-21(18-35(24)26(23)37)43-20-10-13-31-14-11-20/h4,6,10-11,13-14,19,21-24H,1-3,5,7-9,12,15-18H2,(H,32,39)(H,33,36)(H,34,38)/b6-4+/t19-,21-,23?,24+,29-/m1/s1. The van der Waals surface area contributed by atoms with Crippen molar-refractivity contribution in [3.63, 3.8) is 0 Å². The summed E-state index contributed by atoms with van der Waals surface area (Å²) in [6.07, 6.45) is 9.56. The molecule has 2 aliphatic heterocycles. The maximum absolute atomic E-state index is 14.0. The van der Waals surface area contributed by atoms with Gasteiger partial charge in [0.15, 0.2) is 0 Å². The summed E-state index contributed by atoms with van der Waals surface area (Å²) in [5.74, 6) is -1.91. The minimum Gasteiger partial charge on any atom is -0.488 e. The lowest BCUT2D eigenvalue weighted by Gasteiger charge is -2.29. The first-order valence-corrected chi connectivity index (χ1v) is 16.6. The van der Waals surface area contributed by atoms with E-state index in [4.69, 9.17) is 9.47 Å². The Morgan fingerprint density at radius 3 is 2.64 bits per heavy atom. The summed E-state index contributed by atoms with van der Waals surface area (Å²) in [5.41, 5.74) is -1.48. The number of rotatable bonds is 8. The number of allylic oxidation sites excluding steroid dienone is 1. The van der Waals surface area contributed by atoms with Crippen molar-refractivity contribution >= 4 is 33.8 Å². The number of fused-ring (bicyclic) bond motifs is 2. The van der Waals surface area contributed by atoms with Gasteiger partial charge in [0.05, 0.1) is 11.8 Å². The van der Waals surface area contributed by atoms with Crippen LogP contribution in [0.5, 0.6) is 5.75 Å². The molecule has 5 atom stereocenters. The van der Waals surface area contributed by atoms with Crippen LogP contribution in [0.25, 0.3) is 0 Å². The molecular formula is C29H38FN5O8S. The number of halogens is 1. The topological polar surface area (TPSA) is 173 Å². The third-order valence-corrected chi connectivity index (χ3v) is 10.2. The second-order valence-electron chi connectivity index (χ2n) is 11.7. The van der Waals surface area contributed by atoms with Gasteiger partial charge in [-0.15, -0.1) is 0 Å². The van der Waals surface area contributed by atoms with Gasteiger partial charge in [-0.05, 0) is 50.7 Å². The zero-order valence-electron chi connectivity index (χ0n) is 24.3. The van der Waals surface area contributed by atoms with Gasteiger partial charge in [-0.1, -0.05) is 25.0 Å². The Morgan fingerprint density at radius 2 is 1.91 bits per heavy atom. The molecule has 0 radical (unpaired) electrons. The van der Waals surface area contributed by atoms with E-state index >= 15 is 0 Å². The van der Waals surface area contributed by atoms with E-state index in [-0.39, 0.29) is 25.8 Å². The summed E-state index contributed by atoms with van der Waals surface area (Å²) in [6.45, 7) is -1.33. The molecule has 13 nitrogen and oxygen atoms in total. The van der Waals surface area contributed by atoms with Crippen LogP contribution in [-0.4, -0.2) is 90.9 Å². The van der Waals surface area contributed by atoms with Gasteiger partial charge in [-0.25, -0.2) is 17.6 Å². The van der Waals surface area contributed by atoms with Crippen molar-refractivity contribution in [3.05, 3.63) is 36.7 Å². The highest BCUT2D eigenvalue weighted by atomic mass is 32.2. The zero-order valence-corrected chi connectivity index (χ0v) is 25.1. The van der Waals surface area contributed by atoms with E-state index in [1.165, 1.54) is 4.90 Å². The van der Waals surface area contributed by atoms with Crippen molar-refractivity contribution in [2.24, 2.45) is 5.92 Å². The molecule has 44 heavy (non-hydrogen) atoms. The van der Waals surface area contributed by atoms with Crippen molar-refractivity contribution in [1.82, 2.24) is 25.2 Å². The molecule has 5 rings (SSSR count). The molecule has 3 fully saturated rings. The zero-order chi connectivity index (χ0) is 31.3. The second-order valence-corrected chi connectivity index (χ2v) is 13.7. The van der Waals surface area contributed by atoms with E-state index in [0.717, 1.165) is 12.8 Å². The van der Waals surface area contributed by atoms with Gasteiger partial charge in [0, 0.05) is 24.7 Å². The number of nitrogens with zero attached hydrogens (tertiary/aromatic N) is 2. The molecule has 240 valence electrons. The van der Waals surface area contributed by atoms with Crippen molar-refractivity contribution < 1.29 is 41.5 Å². The molecule has 2 aliphatic carbocycles. The number of ether oxygens (including phenoxy) is 2. The Labute approximate surface area is 255 Å². The van der Waals surface area contributed by atoms with E-state index in [0.29, 0.717) is 31.4 Å². The molecule has 15 heteroatoms. The molecule has 1 aromatic heterocycles. The fourth-order valence-corrected chi connectivity index (χ4v) is 7.14. The summed E-state index contributed by atoms with van der Waals surface area (Å²) >= 11 is 0. The van der Waals surface area contributed by atoms with Crippen LogP contribution in [0.15, 0.2) is 36.7 Å². The molecule has 0 bridgehead atoms. The average Bonchev–Trinajstić information content (AvgIpc) is 3.92. The molecule has 4 aliphatic rings. The molecule has 2 saturated carbocycles. The molecule has 4 amide bonds. The van der Waals surface area contributed by atoms with Gasteiger partial charge in [-0.3, -0.25) is 24.1 Å². The molecule has 1 aromatic rings. The number of alkyl carbamates (subject to hydrolysis) is 1. The molecule has 3 heterocycles. The summed E-state index contributed by atoms with van der Waals surface area (Å²) in [6, 6.07) is 1.15. The Bertz CT molecular complexity index is 1370. The third kappa shape index (κ3) is 7.48. The van der Waals surface area contributed by atoms with Crippen molar-refractivity contribution in [2.75, 3.05) is 19.8 Å². The number of pyridine rings is 1. The average molecular weight is 636 g/mol. The van der Waals surface area contributed by atoms with Crippen LogP contribution in [0.4, 0.5) is 9.18 Å². The highest BCUT2D eigenvalue weighted by molar-refractivity contribution is 7.91. The molecule has 3 N–H and O–H groups in total. The first kappa shape index (κ1) is 31.7. The Balaban J connectivity index is 1.41. The SMILES string of the molecule is O=C(NC1CCCCC/C=C/[C@@H]2C[C@@]2(C(=O)NS(=O)(=O)C2CC2)NC(=O)[C@@H]2C[C@@H](Oc3ccncc3)CN2C1=O)OCCF. The predicted molar refractivity (Wildman–Crippen MR) is 154 cm³/mol. The highest BCUT2D eigenvalue weighted by Gasteiger charge is 2.62. The van der Waals surface area contributed by atoms with E-state index < -0.39 is 82.0 Å². The number of aromatic nitrogens is 1. The molecule has 0 aromatic carbocycles. The van der Waals surface area contributed by atoms with Crippen LogP contribution >= 0.6 is 0 Å². The van der Waals surface area contributed by atoms with Gasteiger partial charge in [0.25, 0.3) is 5.91 Å². The van der Waals surface area contributed by atoms with E-state index in [9.17, 15) is 32.0 Å². The molecule has 1 unspecified atom stereocenters. The van der Waals surface area contributed by atoms with Crippen molar-refractivity contribution in [1.29, 1.82) is 0 Å². The van der Waals surface area contributed by atoms with Crippen LogP contribution in [0, 0.1) is 5.92 Å². The van der Waals surface area contributed by atoms with Gasteiger partial charge >= 0.3 is 6.09 Å². The number of sulfonamides is 1. The maximum atomic E-state index is 14.0. The molecule has 0 spiro atoms. The van der Waals surface area contributed by atoms with E-state index in [2.05, 4.69) is 20.3 Å². The van der Waals surface area contributed by atoms with Gasteiger partial charge < -0.3 is 25.0 Å². The number of alkyl halides is 1. The number of nitrogens with one attached hydrogen (secondary N) is 3. The van der Waals surface area contributed by atoms with Crippen LogP contribution in [0.3, 0.4) is 0 Å². The number of hydrogen-bond donors (Lipinski definition) is 3. The smallest absolute Gasteiger partial charge is 0.407 e. The summed E-state index contributed by atoms with van der Waals surface area (Å²) in [7, 11) is -3.87. The van der Waals surface area contributed by atoms with Gasteiger partial charge in [0.2, 0.25) is 21.8 Å². The maximum Gasteiger partial charge on any atom is 0.407 e. The van der Waals surface area contributed by atoms with Crippen molar-refractivity contribution in [3.8, 4) is 5.75 Å². The van der Waals surface area contributed by atoms with Crippen LogP contribution in [0.2, 0.25) is 0 Å². The minimum absolute atomic E-state index is 0.00946. The third-order valence-electron chi connectivity index (χ3n) is 8.40. The Morgan fingerprint density at radius 1 is 1.14 bits per heavy atom. The van der Waals surface area contributed by atoms with E-state index in [1.54, 1.807) is 24.5 Å². The summed E-state index contributed by atoms with van der Waals surface area (Å²) < 4.78 is 50.9. The lowest BCUT2D eigenvalue weighted by atomic mass is 10.1. The van der Waals surface area contributed by atoms with Crippen molar-refractivity contribution in [2.45, 2.75) is 86.8 Å². The quantitative estimate of drug-likeness (QED) is 0.358. The van der Waals surface area contributed by atoms with Gasteiger partial charge in [-0.2, -0.15) is 0 Å². The predicted octanol–water partition coefficient (Wildman–Crippen LogP) is 1.50. The number of hydrogen-bond acceptors (Lipinski definition) is 9. The molecule has 1 saturated heterocycles. The Hall–Kier alpha value is -3.75. The van der Waals surface area contributed by atoms with Crippen LogP contribution in [0.1, 0.15) is 57.8 Å². The second kappa shape index (κ2) is 13.5. The van der Waals surface area contributed by atoms with Crippen LogP contribution < -0.4 is 20.1 Å². The fourth-order valence-electron chi connectivity index (χ4n) is 5.77. The monoisotopic (exact) mass is 635 g/mol. The first-order chi connectivity index (χ1) is 21.1. The van der Waals surface area contributed by atoms with Gasteiger partial charge in [0.1, 0.15) is 42.8 Å². The first-order valence-electron chi connectivity index (χ1n) is 15.0. The normalized spacial score (nSPS) is 30.0. The fraction of sp³-hybridized carbons (Fsp3) is 0.621. The number of carbonyl (C=O) groups is 4. The lowest BCUT2D eigenvalue weighted by Crippen LogP contribution is -2.58. The lowest BCUT2D eigenvalue weighted by molar-refractivity contribution is -0.141. The molecular weight excluding hydrogens is 597 g/mol. The van der Waals surface area contributed by atoms with E-state index in [1.807, 2.05) is 12.2 Å². The number of carbonyl (C=O) groups excluding carboxylic acids is 4. The number of amides is 4. The Kier molecular flexibility index (Phi) is 9.71. The summed E-state index contributed by atoms with van der Waals surface area (Å²) in [5, 5.41) is 4.71. The van der Waals surface area contributed by atoms with Crippen LogP contribution in [-0.2, 0) is 29.1 Å². The highest BCUT2D eigenvalue weighted by Crippen LogP contribution is 2.46. The minimum atomic E-state index is -3.87. The largest absolute Gasteiger partial charge is 0.488 e.